The van der Waals surface area contributed by atoms with Crippen LogP contribution in [0.25, 0.3) is 0 Å². The quantitative estimate of drug-likeness (QED) is 0.0410. The van der Waals surface area contributed by atoms with Crippen LogP contribution >= 0.6 is 0 Å². The van der Waals surface area contributed by atoms with E-state index in [0.717, 1.165) is 58.4 Å². The fourth-order valence-corrected chi connectivity index (χ4v) is 6.99. The highest BCUT2D eigenvalue weighted by molar-refractivity contribution is 5.69. The van der Waals surface area contributed by atoms with Gasteiger partial charge in [-0.2, -0.15) is 0 Å². The number of esters is 2. The molecule has 0 rings (SSSR count). The number of aliphatic hydroxyl groups is 1. The number of aliphatic hydroxyl groups excluding tert-OH is 1. The number of carbonyl (C=O) groups is 2. The first-order valence-electron chi connectivity index (χ1n) is 27.8. The summed E-state index contributed by atoms with van der Waals surface area (Å²) in [6.07, 6.45) is 45.7. The minimum Gasteiger partial charge on any atom is -0.464 e. The van der Waals surface area contributed by atoms with Crippen LogP contribution in [0.2, 0.25) is 0 Å². The summed E-state index contributed by atoms with van der Waals surface area (Å²) in [6, 6.07) is -0.150. The van der Waals surface area contributed by atoms with Crippen molar-refractivity contribution in [1.29, 1.82) is 0 Å². The standard InChI is InChI=1S/C30H59NO4.2C10H22O.C5H13N/c1-4-6-8-10-12-14-16-18-20-22-24-29(32)34-26-28(31-3)27-35-30(33)25-23-21-19-17-15-13-11-9-7-5-2;1-3-5-6-7-8-9-10-11-4-2;1-2-3-4-5-6-7-8-9-10-11;1-3-5-6-4-2/h28,31H,4-27H2,1-3H3;3-10H2,1-2H3;11H,2-10H2,1H3;6H,3-5H2,1-2H3. The molecular formula is C55H116N2O6. The van der Waals surface area contributed by atoms with Crippen molar-refractivity contribution in [1.82, 2.24) is 10.6 Å². The molecule has 0 aliphatic heterocycles. The van der Waals surface area contributed by atoms with Gasteiger partial charge in [-0.1, -0.05) is 234 Å². The lowest BCUT2D eigenvalue weighted by molar-refractivity contribution is -0.147. The van der Waals surface area contributed by atoms with Crippen LogP contribution in [0, 0.1) is 0 Å². The van der Waals surface area contributed by atoms with Crippen LogP contribution in [-0.2, 0) is 23.8 Å². The van der Waals surface area contributed by atoms with Gasteiger partial charge in [0.05, 0.1) is 6.04 Å². The minimum absolute atomic E-state index is 0.150. The predicted octanol–water partition coefficient (Wildman–Crippen LogP) is 15.8. The van der Waals surface area contributed by atoms with Crippen molar-refractivity contribution in [3.05, 3.63) is 0 Å². The van der Waals surface area contributed by atoms with Crippen LogP contribution in [0.5, 0.6) is 0 Å². The zero-order valence-electron chi connectivity index (χ0n) is 44.2. The molecule has 0 fully saturated rings. The molecule has 3 N–H and O–H groups in total. The fraction of sp³-hybridized carbons (Fsp3) is 0.964. The zero-order chi connectivity index (χ0) is 47.4. The molecule has 0 atom stereocenters. The van der Waals surface area contributed by atoms with Gasteiger partial charge in [-0.05, 0) is 59.2 Å². The first kappa shape index (κ1) is 68.4. The number of ether oxygens (including phenoxy) is 3. The molecule has 0 aliphatic rings. The second kappa shape index (κ2) is 67.4. The lowest BCUT2D eigenvalue weighted by atomic mass is 10.1. The Morgan fingerprint density at radius 2 is 0.746 bits per heavy atom. The van der Waals surface area contributed by atoms with Gasteiger partial charge in [-0.3, -0.25) is 9.59 Å². The van der Waals surface area contributed by atoms with Crippen LogP contribution < -0.4 is 10.6 Å². The van der Waals surface area contributed by atoms with Gasteiger partial charge in [0.25, 0.3) is 0 Å². The predicted molar refractivity (Wildman–Crippen MR) is 276 cm³/mol. The second-order valence-corrected chi connectivity index (χ2v) is 17.7. The highest BCUT2D eigenvalue weighted by atomic mass is 16.5. The summed E-state index contributed by atoms with van der Waals surface area (Å²) in [4.78, 5) is 24.0. The summed E-state index contributed by atoms with van der Waals surface area (Å²) in [5, 5.41) is 14.8. The molecule has 0 aliphatic carbocycles. The van der Waals surface area contributed by atoms with E-state index in [1.165, 1.54) is 193 Å². The van der Waals surface area contributed by atoms with Gasteiger partial charge in [0.2, 0.25) is 0 Å². The van der Waals surface area contributed by atoms with Gasteiger partial charge in [0.1, 0.15) is 13.2 Å². The molecule has 0 saturated carbocycles. The maximum atomic E-state index is 12.0. The van der Waals surface area contributed by atoms with Crippen LogP contribution in [0.15, 0.2) is 0 Å². The van der Waals surface area contributed by atoms with Gasteiger partial charge in [-0.25, -0.2) is 0 Å². The molecule has 382 valence electrons. The van der Waals surface area contributed by atoms with E-state index in [1.807, 2.05) is 0 Å². The first-order chi connectivity index (χ1) is 30.9. The maximum absolute atomic E-state index is 12.0. The Kier molecular flexibility index (Phi) is 73.1. The molecule has 0 spiro atoms. The van der Waals surface area contributed by atoms with Gasteiger partial charge >= 0.3 is 11.9 Å². The summed E-state index contributed by atoms with van der Waals surface area (Å²) in [5.41, 5.74) is 0. The summed E-state index contributed by atoms with van der Waals surface area (Å²) in [6.45, 7) is 20.3. The Labute approximate surface area is 395 Å². The van der Waals surface area contributed by atoms with E-state index in [9.17, 15) is 9.59 Å². The van der Waals surface area contributed by atoms with Gasteiger partial charge in [-0.15, -0.1) is 0 Å². The third-order valence-electron chi connectivity index (χ3n) is 11.3. The monoisotopic (exact) mass is 901 g/mol. The summed E-state index contributed by atoms with van der Waals surface area (Å²) in [5.74, 6) is -0.303. The number of unbranched alkanes of at least 4 members (excludes halogenated alkanes) is 30. The van der Waals surface area contributed by atoms with Crippen LogP contribution in [0.1, 0.15) is 286 Å². The third kappa shape index (κ3) is 72.6. The SMILES string of the molecule is CCCCCCCCCCCCC(=O)OCC(COC(=O)CCCCCCCCCCCC)NC.CCCCCCCCCCO.CCCCCCCCOCC.CCCNCC. The Bertz CT molecular complexity index is 723. The number of nitrogens with one attached hydrogen (secondary N) is 2. The number of carbonyl (C=O) groups excluding carboxylic acids is 2. The Hall–Kier alpha value is -1.22. The summed E-state index contributed by atoms with van der Waals surface area (Å²) in [7, 11) is 1.80. The van der Waals surface area contributed by atoms with E-state index in [0.29, 0.717) is 19.4 Å². The van der Waals surface area contributed by atoms with E-state index >= 15 is 0 Å². The molecule has 0 amide bonds. The number of hydrogen-bond donors (Lipinski definition) is 3. The maximum Gasteiger partial charge on any atom is 0.305 e. The second-order valence-electron chi connectivity index (χ2n) is 17.7. The normalized spacial score (nSPS) is 10.7. The highest BCUT2D eigenvalue weighted by Crippen LogP contribution is 2.13. The Balaban J connectivity index is -0.000000498. The van der Waals surface area contributed by atoms with Crippen LogP contribution in [0.4, 0.5) is 0 Å². The van der Waals surface area contributed by atoms with Crippen molar-refractivity contribution in [3.63, 3.8) is 0 Å². The van der Waals surface area contributed by atoms with Crippen LogP contribution in [0.3, 0.4) is 0 Å². The van der Waals surface area contributed by atoms with Crippen molar-refractivity contribution < 1.29 is 28.9 Å². The smallest absolute Gasteiger partial charge is 0.305 e. The first-order valence-corrected chi connectivity index (χ1v) is 27.8. The summed E-state index contributed by atoms with van der Waals surface area (Å²) < 4.78 is 16.0. The van der Waals surface area contributed by atoms with E-state index in [1.54, 1.807) is 7.05 Å². The van der Waals surface area contributed by atoms with E-state index in [-0.39, 0.29) is 31.2 Å². The third-order valence-corrected chi connectivity index (χ3v) is 11.3. The van der Waals surface area contributed by atoms with Crippen molar-refractivity contribution >= 4 is 11.9 Å². The number of rotatable bonds is 46. The molecule has 63 heavy (non-hydrogen) atoms. The Morgan fingerprint density at radius 1 is 0.429 bits per heavy atom. The minimum atomic E-state index is -0.151. The molecule has 8 nitrogen and oxygen atoms in total. The topological polar surface area (TPSA) is 106 Å². The molecule has 0 unspecified atom stereocenters. The highest BCUT2D eigenvalue weighted by Gasteiger charge is 2.13. The molecular weight excluding hydrogens is 785 g/mol. The molecule has 0 aromatic carbocycles. The largest absolute Gasteiger partial charge is 0.464 e. The fourth-order valence-electron chi connectivity index (χ4n) is 6.99. The Morgan fingerprint density at radius 3 is 1.02 bits per heavy atom. The number of hydrogen-bond acceptors (Lipinski definition) is 8. The number of likely N-dealkylation sites (N-methyl/N-ethyl adjacent to an activating group) is 1. The average Bonchev–Trinajstić information content (AvgIpc) is 3.29. The van der Waals surface area contributed by atoms with Gasteiger partial charge in [0.15, 0.2) is 0 Å². The summed E-state index contributed by atoms with van der Waals surface area (Å²) >= 11 is 0. The molecule has 0 bridgehead atoms. The van der Waals surface area contributed by atoms with Crippen molar-refractivity contribution in [2.24, 2.45) is 0 Å². The van der Waals surface area contributed by atoms with E-state index in [2.05, 4.69) is 59.1 Å². The average molecular weight is 902 g/mol. The van der Waals surface area contributed by atoms with Crippen molar-refractivity contribution in [3.8, 4) is 0 Å². The lowest BCUT2D eigenvalue weighted by Gasteiger charge is -2.16. The van der Waals surface area contributed by atoms with E-state index in [4.69, 9.17) is 19.3 Å². The zero-order valence-corrected chi connectivity index (χ0v) is 44.2. The molecule has 0 aromatic rings. The lowest BCUT2D eigenvalue weighted by Crippen LogP contribution is -2.36. The van der Waals surface area contributed by atoms with Crippen molar-refractivity contribution in [2.75, 3.05) is 53.2 Å². The molecule has 8 heteroatoms. The van der Waals surface area contributed by atoms with Crippen molar-refractivity contribution in [2.45, 2.75) is 292 Å². The van der Waals surface area contributed by atoms with Gasteiger partial charge in [0, 0.05) is 32.7 Å². The van der Waals surface area contributed by atoms with Crippen LogP contribution in [-0.4, -0.2) is 76.3 Å². The molecule has 0 aromatic heterocycles. The molecule has 0 radical (unpaired) electrons. The van der Waals surface area contributed by atoms with E-state index < -0.39 is 0 Å². The molecule has 0 saturated heterocycles. The molecule has 0 heterocycles. The van der Waals surface area contributed by atoms with Gasteiger partial charge < -0.3 is 30.0 Å².